The molecule has 1 saturated heterocycles. The lowest BCUT2D eigenvalue weighted by Gasteiger charge is -2.20. The first-order valence-electron chi connectivity index (χ1n) is 7.75. The van der Waals surface area contributed by atoms with E-state index in [0.29, 0.717) is 16.6 Å². The van der Waals surface area contributed by atoms with Crippen molar-refractivity contribution in [2.75, 3.05) is 33.2 Å². The van der Waals surface area contributed by atoms with E-state index in [1.165, 1.54) is 11.6 Å². The van der Waals surface area contributed by atoms with Gasteiger partial charge in [-0.15, -0.1) is 0 Å². The number of likely N-dealkylation sites (N-methyl/N-ethyl adjacent to an activating group) is 1. The Bertz CT molecular complexity index is 739. The number of rotatable bonds is 2. The van der Waals surface area contributed by atoms with Gasteiger partial charge in [-0.25, -0.2) is 0 Å². The van der Waals surface area contributed by atoms with Crippen LogP contribution in [0, 0.1) is 0 Å². The molecule has 1 aliphatic heterocycles. The maximum absolute atomic E-state index is 12.6. The fourth-order valence-corrected chi connectivity index (χ4v) is 2.90. The topological polar surface area (TPSA) is 79.3 Å². The number of carbonyl (C=O) groups excluding carboxylic acids is 2. The molecule has 1 aromatic heterocycles. The van der Waals surface area contributed by atoms with Crippen LogP contribution in [0.5, 0.6) is 0 Å². The van der Waals surface area contributed by atoms with E-state index in [1.807, 2.05) is 25.2 Å². The summed E-state index contributed by atoms with van der Waals surface area (Å²) in [6.45, 7) is 4.80. The Morgan fingerprint density at radius 1 is 1.35 bits per heavy atom. The van der Waals surface area contributed by atoms with Crippen LogP contribution in [-0.4, -0.2) is 65.8 Å². The van der Waals surface area contributed by atoms with Gasteiger partial charge in [-0.2, -0.15) is 9.78 Å². The van der Waals surface area contributed by atoms with Crippen LogP contribution in [0.3, 0.4) is 0 Å². The Morgan fingerprint density at radius 3 is 2.91 bits per heavy atom. The highest BCUT2D eigenvalue weighted by molar-refractivity contribution is 6.06. The molecule has 0 unspecified atom stereocenters. The SMILES string of the molecule is CC(=O)n1nc(C(=O)N[C@@H]2CNCCN(C)C2)c2ccccc21. The predicted molar refractivity (Wildman–Crippen MR) is 87.7 cm³/mol. The first kappa shape index (κ1) is 15.6. The van der Waals surface area contributed by atoms with Gasteiger partial charge in [-0.1, -0.05) is 18.2 Å². The summed E-state index contributed by atoms with van der Waals surface area (Å²) in [6, 6.07) is 7.29. The Labute approximate surface area is 134 Å². The highest BCUT2D eigenvalue weighted by Gasteiger charge is 2.22. The maximum atomic E-state index is 12.6. The third-order valence-corrected chi connectivity index (χ3v) is 4.03. The van der Waals surface area contributed by atoms with E-state index >= 15 is 0 Å². The molecule has 122 valence electrons. The molecule has 0 radical (unpaired) electrons. The molecule has 3 rings (SSSR count). The van der Waals surface area contributed by atoms with Crippen LogP contribution in [0.25, 0.3) is 10.9 Å². The van der Waals surface area contributed by atoms with Crippen molar-refractivity contribution >= 4 is 22.7 Å². The highest BCUT2D eigenvalue weighted by atomic mass is 16.2. The van der Waals surface area contributed by atoms with Crippen LogP contribution < -0.4 is 10.6 Å². The average molecular weight is 315 g/mol. The second-order valence-electron chi connectivity index (χ2n) is 5.93. The fraction of sp³-hybridized carbons (Fsp3) is 0.438. The number of benzene rings is 1. The van der Waals surface area contributed by atoms with Gasteiger partial charge in [-0.3, -0.25) is 9.59 Å². The summed E-state index contributed by atoms with van der Waals surface area (Å²) in [5, 5.41) is 11.2. The molecule has 0 aliphatic carbocycles. The normalized spacial score (nSPS) is 19.5. The largest absolute Gasteiger partial charge is 0.345 e. The Balaban J connectivity index is 1.87. The molecule has 2 heterocycles. The summed E-state index contributed by atoms with van der Waals surface area (Å²) >= 11 is 0. The number of hydrogen-bond acceptors (Lipinski definition) is 5. The van der Waals surface area contributed by atoms with Crippen molar-refractivity contribution in [1.29, 1.82) is 0 Å². The van der Waals surface area contributed by atoms with Crippen LogP contribution in [0.15, 0.2) is 24.3 Å². The molecule has 0 saturated carbocycles. The number of hydrogen-bond donors (Lipinski definition) is 2. The molecule has 1 atom stereocenters. The Hall–Kier alpha value is -2.25. The Morgan fingerprint density at radius 2 is 2.13 bits per heavy atom. The number of para-hydroxylation sites is 1. The number of fused-ring (bicyclic) bond motifs is 1. The van der Waals surface area contributed by atoms with Crippen molar-refractivity contribution in [2.45, 2.75) is 13.0 Å². The average Bonchev–Trinajstić information content (AvgIpc) is 2.79. The molecule has 23 heavy (non-hydrogen) atoms. The number of aromatic nitrogens is 2. The van der Waals surface area contributed by atoms with Gasteiger partial charge >= 0.3 is 0 Å². The first-order valence-corrected chi connectivity index (χ1v) is 7.75. The van der Waals surface area contributed by atoms with Crippen molar-refractivity contribution < 1.29 is 9.59 Å². The Kier molecular flexibility index (Phi) is 4.40. The summed E-state index contributed by atoms with van der Waals surface area (Å²) in [5.41, 5.74) is 0.948. The van der Waals surface area contributed by atoms with Gasteiger partial charge in [0.05, 0.1) is 11.6 Å². The van der Waals surface area contributed by atoms with Gasteiger partial charge in [0, 0.05) is 38.5 Å². The minimum absolute atomic E-state index is 0.0104. The number of carbonyl (C=O) groups is 2. The zero-order chi connectivity index (χ0) is 16.4. The lowest BCUT2D eigenvalue weighted by atomic mass is 10.2. The van der Waals surface area contributed by atoms with Gasteiger partial charge in [-0.05, 0) is 13.1 Å². The zero-order valence-electron chi connectivity index (χ0n) is 13.4. The van der Waals surface area contributed by atoms with Gasteiger partial charge in [0.2, 0.25) is 5.91 Å². The summed E-state index contributed by atoms with van der Waals surface area (Å²) < 4.78 is 1.28. The van der Waals surface area contributed by atoms with Gasteiger partial charge < -0.3 is 15.5 Å². The summed E-state index contributed by atoms with van der Waals surface area (Å²) in [6.07, 6.45) is 0. The third kappa shape index (κ3) is 3.25. The summed E-state index contributed by atoms with van der Waals surface area (Å²) in [4.78, 5) is 26.5. The third-order valence-electron chi connectivity index (χ3n) is 4.03. The fourth-order valence-electron chi connectivity index (χ4n) is 2.90. The van der Waals surface area contributed by atoms with E-state index in [-0.39, 0.29) is 17.9 Å². The molecule has 1 aromatic carbocycles. The monoisotopic (exact) mass is 315 g/mol. The quantitative estimate of drug-likeness (QED) is 0.835. The summed E-state index contributed by atoms with van der Waals surface area (Å²) in [7, 11) is 2.03. The minimum Gasteiger partial charge on any atom is -0.345 e. The minimum atomic E-state index is -0.247. The number of nitrogens with one attached hydrogen (secondary N) is 2. The van der Waals surface area contributed by atoms with Crippen molar-refractivity contribution in [3.8, 4) is 0 Å². The van der Waals surface area contributed by atoms with Crippen LogP contribution >= 0.6 is 0 Å². The standard InChI is InChI=1S/C16H21N5O2/c1-11(22)21-14-6-4-3-5-13(14)15(19-21)16(23)18-12-9-17-7-8-20(2)10-12/h3-6,12,17H,7-10H2,1-2H3,(H,18,23)/t12-/m1/s1. The van der Waals surface area contributed by atoms with Crippen molar-refractivity contribution in [3.05, 3.63) is 30.0 Å². The molecule has 2 aromatic rings. The molecule has 1 fully saturated rings. The lowest BCUT2D eigenvalue weighted by molar-refractivity contribution is 0.0917. The molecule has 1 amide bonds. The van der Waals surface area contributed by atoms with Crippen molar-refractivity contribution in [3.63, 3.8) is 0 Å². The van der Waals surface area contributed by atoms with Gasteiger partial charge in [0.15, 0.2) is 5.69 Å². The molecular formula is C16H21N5O2. The van der Waals surface area contributed by atoms with E-state index in [2.05, 4.69) is 20.6 Å². The molecule has 7 nitrogen and oxygen atoms in total. The first-order chi connectivity index (χ1) is 11.1. The zero-order valence-corrected chi connectivity index (χ0v) is 13.4. The van der Waals surface area contributed by atoms with E-state index in [0.717, 1.165) is 26.2 Å². The van der Waals surface area contributed by atoms with Crippen molar-refractivity contribution in [1.82, 2.24) is 25.3 Å². The molecule has 0 spiro atoms. The molecule has 0 bridgehead atoms. The highest BCUT2D eigenvalue weighted by Crippen LogP contribution is 2.18. The van der Waals surface area contributed by atoms with E-state index < -0.39 is 0 Å². The van der Waals surface area contributed by atoms with Gasteiger partial charge in [0.1, 0.15) is 0 Å². The van der Waals surface area contributed by atoms with E-state index in [9.17, 15) is 9.59 Å². The number of amides is 1. The van der Waals surface area contributed by atoms with Crippen LogP contribution in [0.1, 0.15) is 22.2 Å². The number of nitrogens with zero attached hydrogens (tertiary/aromatic N) is 3. The summed E-state index contributed by atoms with van der Waals surface area (Å²) in [5.74, 6) is -0.459. The lowest BCUT2D eigenvalue weighted by Crippen LogP contribution is -2.45. The maximum Gasteiger partial charge on any atom is 0.272 e. The molecular weight excluding hydrogens is 294 g/mol. The second kappa shape index (κ2) is 6.47. The van der Waals surface area contributed by atoms with Crippen LogP contribution in [0.4, 0.5) is 0 Å². The van der Waals surface area contributed by atoms with Crippen LogP contribution in [-0.2, 0) is 0 Å². The van der Waals surface area contributed by atoms with Crippen LogP contribution in [0.2, 0.25) is 0 Å². The molecule has 1 aliphatic rings. The van der Waals surface area contributed by atoms with Gasteiger partial charge in [0.25, 0.3) is 5.91 Å². The van der Waals surface area contributed by atoms with E-state index in [4.69, 9.17) is 0 Å². The smallest absolute Gasteiger partial charge is 0.272 e. The van der Waals surface area contributed by atoms with E-state index in [1.54, 1.807) is 6.07 Å². The molecule has 2 N–H and O–H groups in total. The predicted octanol–water partition coefficient (Wildman–Crippen LogP) is 0.330. The molecule has 7 heteroatoms. The van der Waals surface area contributed by atoms with Crippen molar-refractivity contribution in [2.24, 2.45) is 0 Å². The second-order valence-corrected chi connectivity index (χ2v) is 5.93.